The summed E-state index contributed by atoms with van der Waals surface area (Å²) in [5.74, 6) is -0.0653. The van der Waals surface area contributed by atoms with E-state index in [-0.39, 0.29) is 24.4 Å². The molecule has 0 spiro atoms. The molecule has 0 aliphatic rings. The van der Waals surface area contributed by atoms with Gasteiger partial charge in [0.05, 0.1) is 10.5 Å². The number of nitro groups is 1. The number of hydrazine groups is 1. The van der Waals surface area contributed by atoms with Crippen molar-refractivity contribution in [2.75, 3.05) is 5.43 Å². The van der Waals surface area contributed by atoms with Gasteiger partial charge in [0.2, 0.25) is 17.7 Å². The summed E-state index contributed by atoms with van der Waals surface area (Å²) in [7, 11) is 0. The highest BCUT2D eigenvalue weighted by molar-refractivity contribution is 5.78. The first kappa shape index (κ1) is 21.7. The second kappa shape index (κ2) is 8.81. The third kappa shape index (κ3) is 5.56. The number of aryl methyl sites for hydroxylation is 2. The molecule has 1 heterocycles. The molecule has 1 amide bonds. The van der Waals surface area contributed by atoms with Crippen LogP contribution in [0.3, 0.4) is 0 Å². The van der Waals surface area contributed by atoms with Crippen LogP contribution in [-0.4, -0.2) is 21.0 Å². The Morgan fingerprint density at radius 3 is 2.52 bits per heavy atom. The molecule has 162 valence electrons. The Kier molecular flexibility index (Phi) is 6.18. The molecule has 3 aromatic rings. The fraction of sp³-hybridized carbons (Fsp3) is 0.211. The van der Waals surface area contributed by atoms with Crippen LogP contribution in [0.25, 0.3) is 11.5 Å². The van der Waals surface area contributed by atoms with Crippen molar-refractivity contribution in [1.29, 1.82) is 0 Å². The maximum atomic E-state index is 12.7. The first-order chi connectivity index (χ1) is 14.6. The van der Waals surface area contributed by atoms with E-state index in [1.54, 1.807) is 0 Å². The number of benzene rings is 2. The number of amides is 1. The van der Waals surface area contributed by atoms with Gasteiger partial charge >= 0.3 is 6.18 Å². The molecule has 0 fully saturated rings. The summed E-state index contributed by atoms with van der Waals surface area (Å²) in [6.45, 7) is 1.94. The molecular formula is C19H16F3N5O4. The second-order valence-corrected chi connectivity index (χ2v) is 6.53. The molecule has 9 nitrogen and oxygen atoms in total. The van der Waals surface area contributed by atoms with Gasteiger partial charge in [-0.1, -0.05) is 17.7 Å². The number of rotatable bonds is 7. The van der Waals surface area contributed by atoms with Gasteiger partial charge < -0.3 is 4.42 Å². The first-order valence-corrected chi connectivity index (χ1v) is 8.93. The summed E-state index contributed by atoms with van der Waals surface area (Å²) in [6.07, 6.45) is -4.73. The lowest BCUT2D eigenvalue weighted by atomic mass is 10.1. The quantitative estimate of drug-likeness (QED) is 0.424. The van der Waals surface area contributed by atoms with Crippen LogP contribution in [0.5, 0.6) is 0 Å². The molecule has 0 atom stereocenters. The minimum Gasteiger partial charge on any atom is -0.421 e. The fourth-order valence-corrected chi connectivity index (χ4v) is 2.55. The van der Waals surface area contributed by atoms with Gasteiger partial charge in [0, 0.05) is 24.5 Å². The van der Waals surface area contributed by atoms with E-state index < -0.39 is 28.3 Å². The predicted octanol–water partition coefficient (Wildman–Crippen LogP) is 4.05. The van der Waals surface area contributed by atoms with Crippen LogP contribution < -0.4 is 10.9 Å². The molecule has 31 heavy (non-hydrogen) atoms. The molecule has 0 radical (unpaired) electrons. The molecular weight excluding hydrogens is 419 g/mol. The Hall–Kier alpha value is -3.96. The Balaban J connectivity index is 1.57. The highest BCUT2D eigenvalue weighted by Gasteiger charge is 2.33. The van der Waals surface area contributed by atoms with Crippen molar-refractivity contribution in [3.8, 4) is 11.5 Å². The number of anilines is 1. The number of carbonyl (C=O) groups excluding carboxylic acids is 1. The third-order valence-corrected chi connectivity index (χ3v) is 4.19. The molecule has 3 rings (SSSR count). The van der Waals surface area contributed by atoms with Crippen LogP contribution in [0.2, 0.25) is 0 Å². The number of nitrogens with zero attached hydrogens (tertiary/aromatic N) is 3. The molecule has 0 aliphatic heterocycles. The van der Waals surface area contributed by atoms with Gasteiger partial charge in [-0.15, -0.1) is 10.2 Å². The number of hydrogen-bond acceptors (Lipinski definition) is 7. The number of halogens is 3. The Morgan fingerprint density at radius 1 is 1.16 bits per heavy atom. The number of nitro benzene ring substituents is 1. The van der Waals surface area contributed by atoms with Crippen molar-refractivity contribution in [3.05, 3.63) is 69.6 Å². The monoisotopic (exact) mass is 435 g/mol. The lowest BCUT2D eigenvalue weighted by molar-refractivity contribution is -0.384. The van der Waals surface area contributed by atoms with Crippen LogP contribution in [0, 0.1) is 17.0 Å². The minimum atomic E-state index is -4.73. The van der Waals surface area contributed by atoms with Crippen molar-refractivity contribution < 1.29 is 27.3 Å². The summed E-state index contributed by atoms with van der Waals surface area (Å²) in [5, 5.41) is 18.8. The number of aromatic nitrogens is 2. The fourth-order valence-electron chi connectivity index (χ4n) is 2.55. The number of hydrogen-bond donors (Lipinski definition) is 2. The van der Waals surface area contributed by atoms with E-state index in [9.17, 15) is 28.1 Å². The summed E-state index contributed by atoms with van der Waals surface area (Å²) in [6, 6.07) is 9.34. The van der Waals surface area contributed by atoms with Gasteiger partial charge in [0.25, 0.3) is 5.69 Å². The molecule has 12 heteroatoms. The van der Waals surface area contributed by atoms with Crippen molar-refractivity contribution in [1.82, 2.24) is 15.6 Å². The number of carbonyl (C=O) groups is 1. The molecule has 0 saturated carbocycles. The van der Waals surface area contributed by atoms with Gasteiger partial charge in [0.1, 0.15) is 5.69 Å². The third-order valence-electron chi connectivity index (χ3n) is 4.19. The maximum Gasteiger partial charge on any atom is 0.416 e. The maximum absolute atomic E-state index is 12.7. The number of nitrogens with one attached hydrogen (secondary N) is 2. The summed E-state index contributed by atoms with van der Waals surface area (Å²) >= 11 is 0. The molecule has 2 N–H and O–H groups in total. The summed E-state index contributed by atoms with van der Waals surface area (Å²) < 4.78 is 43.7. The highest BCUT2D eigenvalue weighted by Crippen LogP contribution is 2.34. The van der Waals surface area contributed by atoms with E-state index in [2.05, 4.69) is 21.0 Å². The largest absolute Gasteiger partial charge is 0.421 e. The van der Waals surface area contributed by atoms with Crippen LogP contribution >= 0.6 is 0 Å². The van der Waals surface area contributed by atoms with E-state index >= 15 is 0 Å². The number of alkyl halides is 3. The van der Waals surface area contributed by atoms with Crippen molar-refractivity contribution in [3.63, 3.8) is 0 Å². The summed E-state index contributed by atoms with van der Waals surface area (Å²) in [5.41, 5.74) is 3.99. The average Bonchev–Trinajstić information content (AvgIpc) is 3.19. The summed E-state index contributed by atoms with van der Waals surface area (Å²) in [4.78, 5) is 22.1. The molecule has 0 aliphatic carbocycles. The van der Waals surface area contributed by atoms with Crippen LogP contribution in [0.1, 0.15) is 23.4 Å². The SMILES string of the molecule is Cc1ccc(-c2nnc(CCC(=O)NNc3ccc(C(F)(F)F)cc3[N+](=O)[O-])o2)cc1. The van der Waals surface area contributed by atoms with Gasteiger partial charge in [-0.05, 0) is 31.2 Å². The van der Waals surface area contributed by atoms with Gasteiger partial charge in [-0.25, -0.2) is 0 Å². The van der Waals surface area contributed by atoms with Crippen LogP contribution in [0.15, 0.2) is 46.9 Å². The Bertz CT molecular complexity index is 1100. The predicted molar refractivity (Wildman–Crippen MR) is 103 cm³/mol. The first-order valence-electron chi connectivity index (χ1n) is 8.93. The van der Waals surface area contributed by atoms with Crippen molar-refractivity contribution >= 4 is 17.3 Å². The van der Waals surface area contributed by atoms with Gasteiger partial charge in [-0.2, -0.15) is 13.2 Å². The normalized spacial score (nSPS) is 11.2. The van der Waals surface area contributed by atoms with Crippen molar-refractivity contribution in [2.24, 2.45) is 0 Å². The van der Waals surface area contributed by atoms with E-state index in [1.807, 2.05) is 31.2 Å². The van der Waals surface area contributed by atoms with Gasteiger partial charge in [0.15, 0.2) is 0 Å². The average molecular weight is 435 g/mol. The standard InChI is InChI=1S/C19H16F3N5O4/c1-11-2-4-12(5-3-11)18-26-25-17(31-18)9-8-16(28)24-23-14-7-6-13(19(20,21)22)10-15(14)27(29)30/h2-7,10,23H,8-9H2,1H3,(H,24,28). The van der Waals surface area contributed by atoms with Crippen LogP contribution in [-0.2, 0) is 17.4 Å². The second-order valence-electron chi connectivity index (χ2n) is 6.53. The molecule has 0 unspecified atom stereocenters. The molecule has 1 aromatic heterocycles. The lowest BCUT2D eigenvalue weighted by Crippen LogP contribution is -2.30. The van der Waals surface area contributed by atoms with E-state index in [0.717, 1.165) is 17.2 Å². The topological polar surface area (TPSA) is 123 Å². The molecule has 0 saturated heterocycles. The minimum absolute atomic E-state index is 0.0987. The zero-order valence-corrected chi connectivity index (χ0v) is 16.1. The Morgan fingerprint density at radius 2 is 1.87 bits per heavy atom. The van der Waals surface area contributed by atoms with Crippen LogP contribution in [0.4, 0.5) is 24.5 Å². The smallest absolute Gasteiger partial charge is 0.416 e. The van der Waals surface area contributed by atoms with E-state index in [4.69, 9.17) is 4.42 Å². The lowest BCUT2D eigenvalue weighted by Gasteiger charge is -2.11. The highest BCUT2D eigenvalue weighted by atomic mass is 19.4. The molecule has 0 bridgehead atoms. The van der Waals surface area contributed by atoms with Gasteiger partial charge in [-0.3, -0.25) is 25.8 Å². The zero-order valence-electron chi connectivity index (χ0n) is 16.1. The zero-order chi connectivity index (χ0) is 22.6. The molecule has 2 aromatic carbocycles. The van der Waals surface area contributed by atoms with Crippen molar-refractivity contribution in [2.45, 2.75) is 25.9 Å². The van der Waals surface area contributed by atoms with E-state index in [0.29, 0.717) is 18.0 Å². The van der Waals surface area contributed by atoms with E-state index in [1.165, 1.54) is 0 Å². The Labute approximate surface area is 173 Å².